The largest absolute Gasteiger partial charge is 0.464 e. The molecule has 0 saturated heterocycles. The summed E-state index contributed by atoms with van der Waals surface area (Å²) in [7, 11) is 1.31. The van der Waals surface area contributed by atoms with Crippen molar-refractivity contribution in [3.8, 4) is 11.3 Å². The quantitative estimate of drug-likeness (QED) is 0.671. The van der Waals surface area contributed by atoms with Gasteiger partial charge in [-0.3, -0.25) is 4.79 Å². The van der Waals surface area contributed by atoms with Crippen LogP contribution in [0.3, 0.4) is 0 Å². The second-order valence-corrected chi connectivity index (χ2v) is 5.47. The van der Waals surface area contributed by atoms with E-state index in [1.807, 2.05) is 37.3 Å². The van der Waals surface area contributed by atoms with Gasteiger partial charge in [-0.05, 0) is 6.08 Å². The molecular formula is C18H18N2O4. The van der Waals surface area contributed by atoms with Crippen molar-refractivity contribution in [3.63, 3.8) is 0 Å². The molecule has 1 unspecified atom stereocenters. The predicted molar refractivity (Wildman–Crippen MR) is 87.2 cm³/mol. The van der Waals surface area contributed by atoms with Gasteiger partial charge in [-0.1, -0.05) is 42.4 Å². The lowest BCUT2D eigenvalue weighted by atomic mass is 9.94. The third-order valence-corrected chi connectivity index (χ3v) is 4.00. The summed E-state index contributed by atoms with van der Waals surface area (Å²) in [6.07, 6.45) is 2.17. The first-order valence-electron chi connectivity index (χ1n) is 7.77. The highest BCUT2D eigenvalue weighted by Crippen LogP contribution is 2.29. The van der Waals surface area contributed by atoms with Gasteiger partial charge in [0.25, 0.3) is 0 Å². The Morgan fingerprint density at radius 1 is 1.33 bits per heavy atom. The average Bonchev–Trinajstić information content (AvgIpc) is 3.28. The van der Waals surface area contributed by atoms with Crippen molar-refractivity contribution in [2.24, 2.45) is 5.92 Å². The lowest BCUT2D eigenvalue weighted by molar-refractivity contribution is -0.136. The molecule has 1 N–H and O–H groups in total. The van der Waals surface area contributed by atoms with Crippen LogP contribution in [0.25, 0.3) is 11.3 Å². The smallest absolute Gasteiger partial charge is 0.353 e. The van der Waals surface area contributed by atoms with E-state index in [9.17, 15) is 9.59 Å². The number of ketones is 1. The molecule has 0 radical (unpaired) electrons. The van der Waals surface area contributed by atoms with Crippen molar-refractivity contribution in [2.75, 3.05) is 13.7 Å². The Morgan fingerprint density at radius 3 is 2.75 bits per heavy atom. The minimum Gasteiger partial charge on any atom is -0.464 e. The normalized spacial score (nSPS) is 16.4. The maximum atomic E-state index is 13.0. The zero-order valence-electron chi connectivity index (χ0n) is 13.5. The van der Waals surface area contributed by atoms with Crippen molar-refractivity contribution < 1.29 is 18.8 Å². The number of benzene rings is 1. The highest BCUT2D eigenvalue weighted by molar-refractivity contribution is 6.06. The summed E-state index contributed by atoms with van der Waals surface area (Å²) in [5.41, 5.74) is 2.16. The minimum absolute atomic E-state index is 0.113. The zero-order valence-corrected chi connectivity index (χ0v) is 13.5. The summed E-state index contributed by atoms with van der Waals surface area (Å²) in [4.78, 5) is 24.6. The molecule has 1 aliphatic rings. The van der Waals surface area contributed by atoms with Crippen molar-refractivity contribution in [1.82, 2.24) is 10.5 Å². The zero-order chi connectivity index (χ0) is 17.1. The highest BCUT2D eigenvalue weighted by Gasteiger charge is 2.32. The monoisotopic (exact) mass is 326 g/mol. The number of carbonyl (C=O) groups excluding carboxylic acids is 2. The molecule has 0 fully saturated rings. The van der Waals surface area contributed by atoms with Crippen LogP contribution in [0.2, 0.25) is 0 Å². The number of Topliss-reactive ketones (excluding diaryl/α,β-unsaturated/α-hetero) is 1. The molecular weight excluding hydrogens is 308 g/mol. The Hall–Kier alpha value is -2.89. The number of nitrogens with zero attached hydrogens (tertiary/aromatic N) is 1. The van der Waals surface area contributed by atoms with Crippen molar-refractivity contribution in [1.29, 1.82) is 0 Å². The van der Waals surface area contributed by atoms with E-state index in [0.717, 1.165) is 5.56 Å². The summed E-state index contributed by atoms with van der Waals surface area (Å²) in [6, 6.07) is 9.44. The molecule has 24 heavy (non-hydrogen) atoms. The van der Waals surface area contributed by atoms with Crippen LogP contribution in [-0.4, -0.2) is 30.6 Å². The first-order chi connectivity index (χ1) is 11.7. The molecule has 0 spiro atoms. The number of aryl methyl sites for hydroxylation is 1. The van der Waals surface area contributed by atoms with Gasteiger partial charge in [0.1, 0.15) is 17.2 Å². The number of hydrogen-bond acceptors (Lipinski definition) is 6. The Kier molecular flexibility index (Phi) is 4.46. The molecule has 1 aromatic heterocycles. The molecule has 0 saturated carbocycles. The Morgan fingerprint density at radius 2 is 2.08 bits per heavy atom. The molecule has 2 aromatic rings. The fraction of sp³-hybridized carbons (Fsp3) is 0.278. The van der Waals surface area contributed by atoms with E-state index in [1.54, 1.807) is 6.08 Å². The number of carbonyl (C=O) groups is 2. The molecule has 6 heteroatoms. The maximum absolute atomic E-state index is 13.0. The van der Waals surface area contributed by atoms with Crippen LogP contribution in [0.5, 0.6) is 0 Å². The predicted octanol–water partition coefficient (Wildman–Crippen LogP) is 2.36. The third kappa shape index (κ3) is 2.82. The SMILES string of the molecule is CCc1onc(-c2ccccc2)c1C(=O)C1C=C(C(=O)OC)NC1. The van der Waals surface area contributed by atoms with Gasteiger partial charge in [0.2, 0.25) is 0 Å². The lowest BCUT2D eigenvalue weighted by Crippen LogP contribution is -2.22. The number of methoxy groups -OCH3 is 1. The van der Waals surface area contributed by atoms with Crippen LogP contribution in [0.4, 0.5) is 0 Å². The van der Waals surface area contributed by atoms with Crippen LogP contribution in [0.15, 0.2) is 46.6 Å². The maximum Gasteiger partial charge on any atom is 0.353 e. The Bertz CT molecular complexity index is 793. The first kappa shape index (κ1) is 16.0. The van der Waals surface area contributed by atoms with E-state index in [-0.39, 0.29) is 5.78 Å². The second-order valence-electron chi connectivity index (χ2n) is 5.47. The van der Waals surface area contributed by atoms with E-state index >= 15 is 0 Å². The van der Waals surface area contributed by atoms with Gasteiger partial charge in [0.05, 0.1) is 18.6 Å². The Balaban J connectivity index is 1.97. The number of rotatable bonds is 5. The second kappa shape index (κ2) is 6.70. The van der Waals surface area contributed by atoms with E-state index < -0.39 is 11.9 Å². The average molecular weight is 326 g/mol. The summed E-state index contributed by atoms with van der Waals surface area (Å²) in [5, 5.41) is 7.00. The van der Waals surface area contributed by atoms with Crippen molar-refractivity contribution in [3.05, 3.63) is 53.4 Å². The fourth-order valence-electron chi connectivity index (χ4n) is 2.76. The molecule has 1 aliphatic heterocycles. The van der Waals surface area contributed by atoms with Gasteiger partial charge < -0.3 is 14.6 Å². The molecule has 1 aromatic carbocycles. The van der Waals surface area contributed by atoms with Gasteiger partial charge in [0, 0.05) is 18.5 Å². The van der Waals surface area contributed by atoms with Gasteiger partial charge in [-0.2, -0.15) is 0 Å². The van der Waals surface area contributed by atoms with Gasteiger partial charge >= 0.3 is 5.97 Å². The molecule has 0 aliphatic carbocycles. The molecule has 2 heterocycles. The molecule has 124 valence electrons. The molecule has 1 atom stereocenters. The van der Waals surface area contributed by atoms with Gasteiger partial charge in [-0.15, -0.1) is 0 Å². The van der Waals surface area contributed by atoms with E-state index in [2.05, 4.69) is 15.2 Å². The third-order valence-electron chi connectivity index (χ3n) is 4.00. The van der Waals surface area contributed by atoms with E-state index in [1.165, 1.54) is 7.11 Å². The molecule has 3 rings (SSSR count). The summed E-state index contributed by atoms with van der Waals surface area (Å²) in [5.74, 6) is -0.488. The summed E-state index contributed by atoms with van der Waals surface area (Å²) < 4.78 is 10.1. The fourth-order valence-corrected chi connectivity index (χ4v) is 2.76. The molecule has 0 bridgehead atoms. The number of esters is 1. The van der Waals surface area contributed by atoms with Crippen LogP contribution in [0, 0.1) is 5.92 Å². The molecule has 0 amide bonds. The van der Waals surface area contributed by atoms with Crippen LogP contribution < -0.4 is 5.32 Å². The lowest BCUT2D eigenvalue weighted by Gasteiger charge is -2.07. The summed E-state index contributed by atoms with van der Waals surface area (Å²) in [6.45, 7) is 2.26. The minimum atomic E-state index is -0.477. The van der Waals surface area contributed by atoms with Crippen molar-refractivity contribution in [2.45, 2.75) is 13.3 Å². The number of nitrogens with one attached hydrogen (secondary N) is 1. The number of aromatic nitrogens is 1. The van der Waals surface area contributed by atoms with Crippen LogP contribution in [0.1, 0.15) is 23.0 Å². The van der Waals surface area contributed by atoms with Gasteiger partial charge in [0.15, 0.2) is 5.78 Å². The van der Waals surface area contributed by atoms with Crippen LogP contribution in [-0.2, 0) is 16.0 Å². The molecule has 6 nitrogen and oxygen atoms in total. The van der Waals surface area contributed by atoms with Crippen LogP contribution >= 0.6 is 0 Å². The topological polar surface area (TPSA) is 81.4 Å². The first-order valence-corrected chi connectivity index (χ1v) is 7.77. The highest BCUT2D eigenvalue weighted by atomic mass is 16.5. The summed E-state index contributed by atoms with van der Waals surface area (Å²) >= 11 is 0. The van der Waals surface area contributed by atoms with E-state index in [0.29, 0.717) is 35.7 Å². The number of ether oxygens (including phenoxy) is 1. The number of hydrogen-bond donors (Lipinski definition) is 1. The van der Waals surface area contributed by atoms with Gasteiger partial charge in [-0.25, -0.2) is 4.79 Å². The Labute approximate surface area is 139 Å². The van der Waals surface area contributed by atoms with E-state index in [4.69, 9.17) is 4.52 Å². The van der Waals surface area contributed by atoms with Crippen molar-refractivity contribution >= 4 is 11.8 Å². The standard InChI is InChI=1S/C18H18N2O4/c1-3-14-15(16(20-24-14)11-7-5-4-6-8-11)17(21)12-9-13(19-10-12)18(22)23-2/h4-9,12,19H,3,10H2,1-2H3.